The van der Waals surface area contributed by atoms with Crippen molar-refractivity contribution in [2.24, 2.45) is 0 Å². The second-order valence-corrected chi connectivity index (χ2v) is 4.84. The van der Waals surface area contributed by atoms with Gasteiger partial charge in [-0.25, -0.2) is 0 Å². The van der Waals surface area contributed by atoms with Crippen LogP contribution in [0.4, 0.5) is 5.69 Å². The predicted octanol–water partition coefficient (Wildman–Crippen LogP) is 2.75. The Hall–Kier alpha value is -1.55. The number of hydrogen-bond acceptors (Lipinski definition) is 4. The number of pyridine rings is 1. The standard InChI is InChI=1S/C14H19N3O/c1-15-14-5-3-2-4-7-17(14)11-9-13-12(16-10-11)6-8-18-13/h6,8-10,14-15H,2-5,7H2,1H3. The van der Waals surface area contributed by atoms with Crippen LogP contribution in [0.3, 0.4) is 0 Å². The van der Waals surface area contributed by atoms with E-state index in [-0.39, 0.29) is 0 Å². The maximum Gasteiger partial charge on any atom is 0.154 e. The Morgan fingerprint density at radius 1 is 1.39 bits per heavy atom. The smallest absolute Gasteiger partial charge is 0.154 e. The van der Waals surface area contributed by atoms with E-state index in [1.807, 2.05) is 19.3 Å². The highest BCUT2D eigenvalue weighted by molar-refractivity contribution is 5.76. The summed E-state index contributed by atoms with van der Waals surface area (Å²) in [7, 11) is 2.03. The van der Waals surface area contributed by atoms with Crippen molar-refractivity contribution in [2.45, 2.75) is 31.8 Å². The molecule has 18 heavy (non-hydrogen) atoms. The molecule has 0 aliphatic carbocycles. The zero-order valence-electron chi connectivity index (χ0n) is 10.7. The van der Waals surface area contributed by atoms with Crippen molar-refractivity contribution in [2.75, 3.05) is 18.5 Å². The topological polar surface area (TPSA) is 41.3 Å². The number of furan rings is 1. The lowest BCUT2D eigenvalue weighted by Crippen LogP contribution is -2.43. The Kier molecular flexibility index (Phi) is 3.19. The van der Waals surface area contributed by atoms with Gasteiger partial charge in [0.25, 0.3) is 0 Å². The van der Waals surface area contributed by atoms with Crippen LogP contribution in [-0.2, 0) is 0 Å². The molecule has 0 bridgehead atoms. The molecule has 4 heteroatoms. The summed E-state index contributed by atoms with van der Waals surface area (Å²) in [6.07, 6.45) is 9.08. The third-order valence-electron chi connectivity index (χ3n) is 3.71. The minimum atomic E-state index is 0.404. The molecular weight excluding hydrogens is 226 g/mol. The first-order valence-corrected chi connectivity index (χ1v) is 6.65. The monoisotopic (exact) mass is 245 g/mol. The molecule has 1 aliphatic rings. The van der Waals surface area contributed by atoms with Crippen molar-refractivity contribution < 1.29 is 4.42 Å². The van der Waals surface area contributed by atoms with Gasteiger partial charge in [-0.3, -0.25) is 4.98 Å². The first kappa shape index (κ1) is 11.5. The highest BCUT2D eigenvalue weighted by Crippen LogP contribution is 2.25. The molecule has 0 spiro atoms. The van der Waals surface area contributed by atoms with Crippen LogP contribution in [0.1, 0.15) is 25.7 Å². The molecule has 3 rings (SSSR count). The number of anilines is 1. The lowest BCUT2D eigenvalue weighted by atomic mass is 10.2. The number of aromatic nitrogens is 1. The molecule has 0 radical (unpaired) electrons. The molecule has 96 valence electrons. The molecule has 2 aromatic rings. The Labute approximate surface area is 107 Å². The lowest BCUT2D eigenvalue weighted by molar-refractivity contribution is 0.507. The van der Waals surface area contributed by atoms with Gasteiger partial charge in [-0.1, -0.05) is 6.42 Å². The second-order valence-electron chi connectivity index (χ2n) is 4.84. The van der Waals surface area contributed by atoms with E-state index in [1.165, 1.54) is 25.7 Å². The first-order valence-electron chi connectivity index (χ1n) is 6.65. The highest BCUT2D eigenvalue weighted by atomic mass is 16.3. The fraction of sp³-hybridized carbons (Fsp3) is 0.500. The zero-order chi connectivity index (χ0) is 12.4. The van der Waals surface area contributed by atoms with Crippen LogP contribution in [-0.4, -0.2) is 24.7 Å². The van der Waals surface area contributed by atoms with E-state index in [9.17, 15) is 0 Å². The molecule has 3 heterocycles. The molecule has 1 fully saturated rings. The van der Waals surface area contributed by atoms with Crippen molar-refractivity contribution in [3.05, 3.63) is 24.6 Å². The van der Waals surface area contributed by atoms with E-state index in [2.05, 4.69) is 21.3 Å². The predicted molar refractivity (Wildman–Crippen MR) is 72.7 cm³/mol. The largest absolute Gasteiger partial charge is 0.463 e. The third-order valence-corrected chi connectivity index (χ3v) is 3.71. The number of nitrogens with one attached hydrogen (secondary N) is 1. The number of nitrogens with zero attached hydrogens (tertiary/aromatic N) is 2. The summed E-state index contributed by atoms with van der Waals surface area (Å²) in [4.78, 5) is 6.86. The summed E-state index contributed by atoms with van der Waals surface area (Å²) in [5.41, 5.74) is 2.94. The Morgan fingerprint density at radius 3 is 3.22 bits per heavy atom. The van der Waals surface area contributed by atoms with Gasteiger partial charge in [0.2, 0.25) is 0 Å². The van der Waals surface area contributed by atoms with Crippen LogP contribution in [0.15, 0.2) is 29.0 Å². The minimum Gasteiger partial charge on any atom is -0.463 e. The molecular formula is C14H19N3O. The average molecular weight is 245 g/mol. The summed E-state index contributed by atoms with van der Waals surface area (Å²) in [5.74, 6) is 0. The molecule has 2 aromatic heterocycles. The van der Waals surface area contributed by atoms with Gasteiger partial charge in [-0.15, -0.1) is 0 Å². The van der Waals surface area contributed by atoms with E-state index in [0.717, 1.165) is 23.3 Å². The quantitative estimate of drug-likeness (QED) is 0.883. The molecule has 0 amide bonds. The zero-order valence-corrected chi connectivity index (χ0v) is 10.7. The van der Waals surface area contributed by atoms with Gasteiger partial charge in [0.1, 0.15) is 5.52 Å². The van der Waals surface area contributed by atoms with E-state index >= 15 is 0 Å². The summed E-state index contributed by atoms with van der Waals surface area (Å²) >= 11 is 0. The van der Waals surface area contributed by atoms with Crippen LogP contribution in [0, 0.1) is 0 Å². The molecule has 1 unspecified atom stereocenters. The second kappa shape index (κ2) is 4.98. The maximum absolute atomic E-state index is 5.44. The van der Waals surface area contributed by atoms with Gasteiger partial charge >= 0.3 is 0 Å². The van der Waals surface area contributed by atoms with Gasteiger partial charge in [0.15, 0.2) is 5.58 Å². The van der Waals surface area contributed by atoms with Gasteiger partial charge in [0.05, 0.1) is 24.3 Å². The Morgan fingerprint density at radius 2 is 2.33 bits per heavy atom. The average Bonchev–Trinajstić information content (AvgIpc) is 2.74. The fourth-order valence-electron chi connectivity index (χ4n) is 2.71. The van der Waals surface area contributed by atoms with Crippen LogP contribution in [0.25, 0.3) is 11.1 Å². The third kappa shape index (κ3) is 2.08. The normalized spacial score (nSPS) is 21.2. The number of fused-ring (bicyclic) bond motifs is 1. The highest BCUT2D eigenvalue weighted by Gasteiger charge is 2.20. The minimum absolute atomic E-state index is 0.404. The molecule has 1 aliphatic heterocycles. The molecule has 0 saturated carbocycles. The van der Waals surface area contributed by atoms with Gasteiger partial charge in [-0.2, -0.15) is 0 Å². The van der Waals surface area contributed by atoms with Crippen LogP contribution in [0.2, 0.25) is 0 Å². The van der Waals surface area contributed by atoms with Crippen molar-refractivity contribution >= 4 is 16.8 Å². The summed E-state index contributed by atoms with van der Waals surface area (Å²) in [6.45, 7) is 1.08. The van der Waals surface area contributed by atoms with Crippen molar-refractivity contribution in [3.8, 4) is 0 Å². The van der Waals surface area contributed by atoms with E-state index < -0.39 is 0 Å². The molecule has 0 aromatic carbocycles. The van der Waals surface area contributed by atoms with Gasteiger partial charge < -0.3 is 14.6 Å². The van der Waals surface area contributed by atoms with Gasteiger partial charge in [0, 0.05) is 18.7 Å². The first-order chi connectivity index (χ1) is 8.88. The van der Waals surface area contributed by atoms with Crippen molar-refractivity contribution in [3.63, 3.8) is 0 Å². The van der Waals surface area contributed by atoms with Gasteiger partial charge in [-0.05, 0) is 26.3 Å². The molecule has 1 saturated heterocycles. The molecule has 1 atom stereocenters. The SMILES string of the molecule is CNC1CCCCCN1c1cnc2ccoc2c1. The van der Waals surface area contributed by atoms with Crippen LogP contribution < -0.4 is 10.2 Å². The van der Waals surface area contributed by atoms with Crippen molar-refractivity contribution in [1.29, 1.82) is 0 Å². The van der Waals surface area contributed by atoms with Crippen LogP contribution in [0.5, 0.6) is 0 Å². The Balaban J connectivity index is 1.94. The number of hydrogen-bond donors (Lipinski definition) is 1. The Bertz CT molecular complexity index is 522. The number of rotatable bonds is 2. The summed E-state index contributed by atoms with van der Waals surface area (Å²) in [5, 5.41) is 3.40. The van der Waals surface area contributed by atoms with E-state index in [1.54, 1.807) is 6.26 Å². The summed E-state index contributed by atoms with van der Waals surface area (Å²) < 4.78 is 5.44. The van der Waals surface area contributed by atoms with Crippen molar-refractivity contribution in [1.82, 2.24) is 10.3 Å². The molecule has 4 nitrogen and oxygen atoms in total. The summed E-state index contributed by atoms with van der Waals surface area (Å²) in [6, 6.07) is 4.00. The fourth-order valence-corrected chi connectivity index (χ4v) is 2.71. The van der Waals surface area contributed by atoms with E-state index in [4.69, 9.17) is 4.42 Å². The van der Waals surface area contributed by atoms with Crippen LogP contribution >= 0.6 is 0 Å². The maximum atomic E-state index is 5.44. The van der Waals surface area contributed by atoms with E-state index in [0.29, 0.717) is 6.17 Å². The molecule has 1 N–H and O–H groups in total. The lowest BCUT2D eigenvalue weighted by Gasteiger charge is -2.31.